The number of fused-ring (bicyclic) bond motifs is 2. The summed E-state index contributed by atoms with van der Waals surface area (Å²) >= 11 is 0. The van der Waals surface area contributed by atoms with E-state index in [1.165, 1.54) is 12.3 Å². The average Bonchev–Trinajstić information content (AvgIpc) is 3.15. The molecule has 0 unspecified atom stereocenters. The van der Waals surface area contributed by atoms with Gasteiger partial charge in [-0.2, -0.15) is 0 Å². The predicted octanol–water partition coefficient (Wildman–Crippen LogP) is 2.42. The number of halogens is 2. The average molecular weight is 408 g/mol. The molecule has 30 heavy (non-hydrogen) atoms. The fraction of sp³-hybridized carbons (Fsp3) is 0.238. The normalized spacial score (nSPS) is 14.8. The zero-order valence-corrected chi connectivity index (χ0v) is 16.2. The highest BCUT2D eigenvalue weighted by Gasteiger charge is 2.23. The Morgan fingerprint density at radius 1 is 1.13 bits per heavy atom. The van der Waals surface area contributed by atoms with Crippen molar-refractivity contribution in [3.8, 4) is 0 Å². The molecular formula is C21H18F2N6O. The van der Waals surface area contributed by atoms with E-state index in [0.717, 1.165) is 0 Å². The highest BCUT2D eigenvalue weighted by atomic mass is 19.1. The van der Waals surface area contributed by atoms with Gasteiger partial charge in [-0.05, 0) is 24.3 Å². The molecule has 4 heterocycles. The lowest BCUT2D eigenvalue weighted by atomic mass is 10.0. The van der Waals surface area contributed by atoms with Gasteiger partial charge in [-0.3, -0.25) is 9.78 Å². The van der Waals surface area contributed by atoms with Gasteiger partial charge in [0, 0.05) is 49.8 Å². The molecule has 0 atom stereocenters. The van der Waals surface area contributed by atoms with E-state index in [1.54, 1.807) is 46.9 Å². The molecule has 1 aromatic carbocycles. The number of imidazole rings is 1. The van der Waals surface area contributed by atoms with Gasteiger partial charge < -0.3 is 9.80 Å². The Bertz CT molecular complexity index is 1290. The van der Waals surface area contributed by atoms with Gasteiger partial charge >= 0.3 is 0 Å². The molecule has 0 saturated carbocycles. The summed E-state index contributed by atoms with van der Waals surface area (Å²) in [6, 6.07) is 8.02. The molecule has 0 aliphatic carbocycles. The topological polar surface area (TPSA) is 66.6 Å². The summed E-state index contributed by atoms with van der Waals surface area (Å²) in [6.45, 7) is 1.50. The molecule has 5 rings (SSSR count). The summed E-state index contributed by atoms with van der Waals surface area (Å²) in [4.78, 5) is 23.9. The second kappa shape index (κ2) is 7.01. The van der Waals surface area contributed by atoms with Crippen LogP contribution in [0.25, 0.3) is 16.6 Å². The highest BCUT2D eigenvalue weighted by Crippen LogP contribution is 2.25. The standard InChI is InChI=1S/C21H18F2N6O/c1-27-7-8-28(12-20(27)30)19-5-4-18-25-11-13(29(18)26-19)9-15-16(22)10-17-14(21(15)23)3-2-6-24-17/h2-6,10-11H,7-9,12H2,1H3. The van der Waals surface area contributed by atoms with Crippen LogP contribution < -0.4 is 4.90 Å². The fourth-order valence-corrected chi connectivity index (χ4v) is 3.69. The largest absolute Gasteiger partial charge is 0.344 e. The number of aromatic nitrogens is 4. The van der Waals surface area contributed by atoms with E-state index < -0.39 is 11.6 Å². The second-order valence-corrected chi connectivity index (χ2v) is 7.35. The number of rotatable bonds is 3. The Morgan fingerprint density at radius 2 is 2.00 bits per heavy atom. The lowest BCUT2D eigenvalue weighted by molar-refractivity contribution is -0.129. The van der Waals surface area contributed by atoms with Crippen molar-refractivity contribution in [2.75, 3.05) is 31.6 Å². The maximum atomic E-state index is 15.0. The van der Waals surface area contributed by atoms with Crippen LogP contribution in [0.2, 0.25) is 0 Å². The first-order valence-corrected chi connectivity index (χ1v) is 9.55. The van der Waals surface area contributed by atoms with Crippen LogP contribution >= 0.6 is 0 Å². The fourth-order valence-electron chi connectivity index (χ4n) is 3.69. The van der Waals surface area contributed by atoms with Crippen LogP contribution in [0.15, 0.2) is 42.7 Å². The molecule has 152 valence electrons. The third-order valence-electron chi connectivity index (χ3n) is 5.45. The van der Waals surface area contributed by atoms with Gasteiger partial charge in [0.05, 0.1) is 24.0 Å². The Morgan fingerprint density at radius 3 is 2.83 bits per heavy atom. The van der Waals surface area contributed by atoms with Crippen LogP contribution in [0.5, 0.6) is 0 Å². The first-order valence-electron chi connectivity index (χ1n) is 9.55. The number of piperazine rings is 1. The first kappa shape index (κ1) is 18.4. The molecular weight excluding hydrogens is 390 g/mol. The molecule has 4 aromatic rings. The van der Waals surface area contributed by atoms with E-state index in [2.05, 4.69) is 15.1 Å². The summed E-state index contributed by atoms with van der Waals surface area (Å²) in [5, 5.41) is 4.86. The van der Waals surface area contributed by atoms with Gasteiger partial charge in [-0.25, -0.2) is 18.3 Å². The van der Waals surface area contributed by atoms with Crippen molar-refractivity contribution in [2.45, 2.75) is 6.42 Å². The predicted molar refractivity (Wildman–Crippen MR) is 107 cm³/mol. The molecule has 0 bridgehead atoms. The van der Waals surface area contributed by atoms with Crippen molar-refractivity contribution in [1.29, 1.82) is 0 Å². The SMILES string of the molecule is CN1CCN(c2ccc3ncc(Cc4c(F)cc5ncccc5c4F)n3n2)CC1=O. The van der Waals surface area contributed by atoms with E-state index in [1.807, 2.05) is 4.90 Å². The number of carbonyl (C=O) groups excluding carboxylic acids is 1. The van der Waals surface area contributed by atoms with Crippen molar-refractivity contribution in [3.63, 3.8) is 0 Å². The second-order valence-electron chi connectivity index (χ2n) is 7.35. The maximum absolute atomic E-state index is 15.0. The van der Waals surface area contributed by atoms with Crippen molar-refractivity contribution in [3.05, 3.63) is 65.6 Å². The Labute approximate surface area is 170 Å². The number of hydrogen-bond acceptors (Lipinski definition) is 5. The molecule has 0 N–H and O–H groups in total. The summed E-state index contributed by atoms with van der Waals surface area (Å²) in [5.41, 5.74) is 1.33. The number of carbonyl (C=O) groups is 1. The third kappa shape index (κ3) is 3.02. The van der Waals surface area contributed by atoms with Gasteiger partial charge in [0.2, 0.25) is 5.91 Å². The van der Waals surface area contributed by atoms with E-state index in [0.29, 0.717) is 30.2 Å². The van der Waals surface area contributed by atoms with Crippen LogP contribution in [0.1, 0.15) is 11.3 Å². The van der Waals surface area contributed by atoms with Gasteiger partial charge in [0.25, 0.3) is 0 Å². The van der Waals surface area contributed by atoms with E-state index in [-0.39, 0.29) is 35.3 Å². The zero-order chi connectivity index (χ0) is 20.8. The minimum absolute atomic E-state index is 0.0121. The van der Waals surface area contributed by atoms with E-state index in [9.17, 15) is 13.6 Å². The van der Waals surface area contributed by atoms with Crippen LogP contribution in [0, 0.1) is 11.6 Å². The van der Waals surface area contributed by atoms with Gasteiger partial charge in [0.1, 0.15) is 17.5 Å². The zero-order valence-electron chi connectivity index (χ0n) is 16.2. The van der Waals surface area contributed by atoms with Crippen LogP contribution in [0.4, 0.5) is 14.6 Å². The molecule has 1 amide bonds. The van der Waals surface area contributed by atoms with Gasteiger partial charge in [-0.1, -0.05) is 0 Å². The number of amides is 1. The third-order valence-corrected chi connectivity index (χ3v) is 5.45. The molecule has 1 aliphatic rings. The van der Waals surface area contributed by atoms with Crippen LogP contribution in [-0.2, 0) is 11.2 Å². The number of benzene rings is 1. The molecule has 0 spiro atoms. The van der Waals surface area contributed by atoms with Gasteiger partial charge in [0.15, 0.2) is 5.65 Å². The quantitative estimate of drug-likeness (QED) is 0.521. The number of pyridine rings is 1. The van der Waals surface area contributed by atoms with E-state index in [4.69, 9.17) is 0 Å². The van der Waals surface area contributed by atoms with Crippen molar-refractivity contribution < 1.29 is 13.6 Å². The summed E-state index contributed by atoms with van der Waals surface area (Å²) < 4.78 is 31.2. The summed E-state index contributed by atoms with van der Waals surface area (Å²) in [7, 11) is 1.77. The minimum Gasteiger partial charge on any atom is -0.344 e. The van der Waals surface area contributed by atoms with Crippen molar-refractivity contribution in [2.24, 2.45) is 0 Å². The van der Waals surface area contributed by atoms with Gasteiger partial charge in [-0.15, -0.1) is 5.10 Å². The lowest BCUT2D eigenvalue weighted by Crippen LogP contribution is -2.48. The summed E-state index contributed by atoms with van der Waals surface area (Å²) in [5.74, 6) is -0.655. The molecule has 3 aromatic heterocycles. The first-order chi connectivity index (χ1) is 14.5. The Balaban J connectivity index is 1.53. The number of likely N-dealkylation sites (N-methyl/N-ethyl adjacent to an activating group) is 1. The molecule has 7 nitrogen and oxygen atoms in total. The summed E-state index contributed by atoms with van der Waals surface area (Å²) in [6.07, 6.45) is 3.05. The number of nitrogens with zero attached hydrogens (tertiary/aromatic N) is 6. The highest BCUT2D eigenvalue weighted by molar-refractivity contribution is 5.82. The number of hydrogen-bond donors (Lipinski definition) is 0. The molecule has 9 heteroatoms. The Kier molecular flexibility index (Phi) is 4.30. The van der Waals surface area contributed by atoms with Crippen LogP contribution in [-0.4, -0.2) is 57.1 Å². The molecule has 1 saturated heterocycles. The molecule has 0 radical (unpaired) electrons. The van der Waals surface area contributed by atoms with Crippen molar-refractivity contribution in [1.82, 2.24) is 24.5 Å². The molecule has 1 aliphatic heterocycles. The monoisotopic (exact) mass is 408 g/mol. The lowest BCUT2D eigenvalue weighted by Gasteiger charge is -2.32. The minimum atomic E-state index is -0.658. The molecule has 1 fully saturated rings. The van der Waals surface area contributed by atoms with Crippen molar-refractivity contribution >= 4 is 28.3 Å². The smallest absolute Gasteiger partial charge is 0.241 e. The van der Waals surface area contributed by atoms with Crippen LogP contribution in [0.3, 0.4) is 0 Å². The Hall–Kier alpha value is -3.62. The number of anilines is 1. The maximum Gasteiger partial charge on any atom is 0.241 e. The van der Waals surface area contributed by atoms with E-state index >= 15 is 0 Å².